The summed E-state index contributed by atoms with van der Waals surface area (Å²) in [5.74, 6) is -0.0810. The smallest absolute Gasteiger partial charge is 0.325 e. The molecule has 0 bridgehead atoms. The maximum absolute atomic E-state index is 12.5. The molecule has 1 aliphatic carbocycles. The number of rotatable bonds is 5. The van der Waals surface area contributed by atoms with Crippen LogP contribution in [0.3, 0.4) is 0 Å². The second kappa shape index (κ2) is 5.92. The molecule has 2 fully saturated rings. The number of nitrogens with one attached hydrogen (secondary N) is 2. The van der Waals surface area contributed by atoms with Gasteiger partial charge in [-0.15, -0.1) is 0 Å². The predicted octanol–water partition coefficient (Wildman–Crippen LogP) is 2.47. The van der Waals surface area contributed by atoms with Crippen LogP contribution in [0.2, 0.25) is 0 Å². The van der Waals surface area contributed by atoms with Crippen molar-refractivity contribution in [2.24, 2.45) is 5.92 Å². The molecule has 1 aromatic carbocycles. The minimum atomic E-state index is -0.851. The minimum absolute atomic E-state index is 0.186. The predicted molar refractivity (Wildman–Crippen MR) is 90.5 cm³/mol. The molecule has 128 valence electrons. The van der Waals surface area contributed by atoms with E-state index in [0.717, 1.165) is 17.7 Å². The van der Waals surface area contributed by atoms with Gasteiger partial charge in [-0.25, -0.2) is 4.79 Å². The molecular formula is C18H23N3O3. The summed E-state index contributed by atoms with van der Waals surface area (Å²) < 4.78 is 0. The average molecular weight is 329 g/mol. The van der Waals surface area contributed by atoms with Crippen LogP contribution in [-0.2, 0) is 9.59 Å². The van der Waals surface area contributed by atoms with Gasteiger partial charge < -0.3 is 10.6 Å². The van der Waals surface area contributed by atoms with Crippen LogP contribution >= 0.6 is 0 Å². The second-order valence-electron chi connectivity index (χ2n) is 7.12. The first kappa shape index (κ1) is 16.5. The van der Waals surface area contributed by atoms with Crippen LogP contribution in [0.25, 0.3) is 0 Å². The van der Waals surface area contributed by atoms with Crippen LogP contribution in [0.15, 0.2) is 24.3 Å². The molecule has 6 nitrogen and oxygen atoms in total. The van der Waals surface area contributed by atoms with Crippen LogP contribution < -0.4 is 10.6 Å². The third-order valence-electron chi connectivity index (χ3n) is 4.86. The van der Waals surface area contributed by atoms with Crippen molar-refractivity contribution in [3.63, 3.8) is 0 Å². The normalized spacial score (nSPS) is 23.6. The first-order chi connectivity index (χ1) is 11.3. The Balaban J connectivity index is 1.62. The molecular weight excluding hydrogens is 306 g/mol. The molecule has 4 amide bonds. The van der Waals surface area contributed by atoms with E-state index in [4.69, 9.17) is 0 Å². The van der Waals surface area contributed by atoms with E-state index in [9.17, 15) is 14.4 Å². The largest absolute Gasteiger partial charge is 0.325 e. The van der Waals surface area contributed by atoms with Gasteiger partial charge in [0.25, 0.3) is 5.91 Å². The Hall–Kier alpha value is -2.37. The molecule has 2 N–H and O–H groups in total. The number of nitrogens with zero attached hydrogens (tertiary/aromatic N) is 1. The lowest BCUT2D eigenvalue weighted by Crippen LogP contribution is -2.46. The SMILES string of the molecule is CC(C)c1ccc(NC(=O)CN2C(=O)N[C@](C)(C3CC3)C2=O)cc1. The summed E-state index contributed by atoms with van der Waals surface area (Å²) >= 11 is 0. The lowest BCUT2D eigenvalue weighted by atomic mass is 9.96. The zero-order chi connectivity index (χ0) is 17.5. The summed E-state index contributed by atoms with van der Waals surface area (Å²) in [7, 11) is 0. The van der Waals surface area contributed by atoms with Gasteiger partial charge in [-0.1, -0.05) is 26.0 Å². The summed E-state index contributed by atoms with van der Waals surface area (Å²) in [5, 5.41) is 5.47. The van der Waals surface area contributed by atoms with Crippen molar-refractivity contribution in [3.8, 4) is 0 Å². The zero-order valence-electron chi connectivity index (χ0n) is 14.3. The molecule has 1 saturated heterocycles. The Labute approximate surface area is 141 Å². The number of amides is 4. The van der Waals surface area contributed by atoms with Crippen LogP contribution in [0.5, 0.6) is 0 Å². The van der Waals surface area contributed by atoms with Gasteiger partial charge in [-0.05, 0) is 49.3 Å². The Morgan fingerprint density at radius 1 is 1.29 bits per heavy atom. The van der Waals surface area contributed by atoms with Crippen molar-refractivity contribution in [1.82, 2.24) is 10.2 Å². The molecule has 0 unspecified atom stereocenters. The molecule has 1 aromatic rings. The van der Waals surface area contributed by atoms with Crippen molar-refractivity contribution in [3.05, 3.63) is 29.8 Å². The molecule has 1 saturated carbocycles. The quantitative estimate of drug-likeness (QED) is 0.815. The van der Waals surface area contributed by atoms with Crippen LogP contribution in [0, 0.1) is 5.92 Å². The summed E-state index contributed by atoms with van der Waals surface area (Å²) in [5.41, 5.74) is 0.986. The van der Waals surface area contributed by atoms with E-state index in [2.05, 4.69) is 24.5 Å². The lowest BCUT2D eigenvalue weighted by Gasteiger charge is -2.20. The van der Waals surface area contributed by atoms with Crippen LogP contribution in [0.1, 0.15) is 45.1 Å². The number of imide groups is 1. The van der Waals surface area contributed by atoms with Crippen LogP contribution in [0.4, 0.5) is 10.5 Å². The van der Waals surface area contributed by atoms with E-state index in [1.807, 2.05) is 24.3 Å². The van der Waals surface area contributed by atoms with Crippen molar-refractivity contribution >= 4 is 23.5 Å². The van der Waals surface area contributed by atoms with Crippen molar-refractivity contribution in [1.29, 1.82) is 0 Å². The van der Waals surface area contributed by atoms with Crippen LogP contribution in [-0.4, -0.2) is 34.8 Å². The molecule has 0 spiro atoms. The fourth-order valence-corrected chi connectivity index (χ4v) is 3.09. The second-order valence-corrected chi connectivity index (χ2v) is 7.12. The topological polar surface area (TPSA) is 78.5 Å². The molecule has 2 aliphatic rings. The third kappa shape index (κ3) is 3.00. The monoisotopic (exact) mass is 329 g/mol. The lowest BCUT2D eigenvalue weighted by molar-refractivity contribution is -0.134. The number of hydrogen-bond acceptors (Lipinski definition) is 3. The standard InChI is InChI=1S/C18H23N3O3/c1-11(2)12-4-8-14(9-5-12)19-15(22)10-21-16(23)18(3,13-6-7-13)20-17(21)24/h4-5,8-9,11,13H,6-7,10H2,1-3H3,(H,19,22)(H,20,24)/t18-/m1/s1. The van der Waals surface area contributed by atoms with Gasteiger partial charge >= 0.3 is 6.03 Å². The molecule has 0 aromatic heterocycles. The number of anilines is 1. The van der Waals surface area contributed by atoms with E-state index >= 15 is 0 Å². The van der Waals surface area contributed by atoms with Crippen molar-refractivity contribution < 1.29 is 14.4 Å². The molecule has 1 heterocycles. The molecule has 6 heteroatoms. The van der Waals surface area contributed by atoms with Crippen molar-refractivity contribution in [2.45, 2.75) is 45.1 Å². The van der Waals surface area contributed by atoms with Crippen molar-refractivity contribution in [2.75, 3.05) is 11.9 Å². The van der Waals surface area contributed by atoms with E-state index in [-0.39, 0.29) is 24.3 Å². The van der Waals surface area contributed by atoms with Gasteiger partial charge in [0.05, 0.1) is 0 Å². The van der Waals surface area contributed by atoms with E-state index < -0.39 is 11.6 Å². The summed E-state index contributed by atoms with van der Waals surface area (Å²) in [4.78, 5) is 37.7. The fourth-order valence-electron chi connectivity index (χ4n) is 3.09. The third-order valence-corrected chi connectivity index (χ3v) is 4.86. The molecule has 0 radical (unpaired) electrons. The average Bonchev–Trinajstić information content (AvgIpc) is 3.34. The highest BCUT2D eigenvalue weighted by molar-refractivity contribution is 6.10. The Morgan fingerprint density at radius 3 is 2.46 bits per heavy atom. The molecule has 24 heavy (non-hydrogen) atoms. The van der Waals surface area contributed by atoms with E-state index in [1.54, 1.807) is 6.92 Å². The van der Waals surface area contributed by atoms with Gasteiger partial charge in [0.1, 0.15) is 12.1 Å². The zero-order valence-corrected chi connectivity index (χ0v) is 14.3. The highest BCUT2D eigenvalue weighted by Gasteiger charge is 2.56. The molecule has 1 aliphatic heterocycles. The van der Waals surface area contributed by atoms with Gasteiger partial charge in [0, 0.05) is 5.69 Å². The molecule has 1 atom stereocenters. The number of urea groups is 1. The van der Waals surface area contributed by atoms with Gasteiger partial charge in [-0.3, -0.25) is 14.5 Å². The van der Waals surface area contributed by atoms with Gasteiger partial charge in [0.2, 0.25) is 5.91 Å². The highest BCUT2D eigenvalue weighted by Crippen LogP contribution is 2.42. The Kier molecular flexibility index (Phi) is 4.07. The number of hydrogen-bond donors (Lipinski definition) is 2. The maximum atomic E-state index is 12.5. The summed E-state index contributed by atoms with van der Waals surface area (Å²) in [6.45, 7) is 5.68. The fraction of sp³-hybridized carbons (Fsp3) is 0.500. The van der Waals surface area contributed by atoms with Gasteiger partial charge in [-0.2, -0.15) is 0 Å². The number of benzene rings is 1. The minimum Gasteiger partial charge on any atom is -0.325 e. The first-order valence-corrected chi connectivity index (χ1v) is 8.35. The summed E-state index contributed by atoms with van der Waals surface area (Å²) in [6.07, 6.45) is 1.87. The van der Waals surface area contributed by atoms with Gasteiger partial charge in [0.15, 0.2) is 0 Å². The Bertz CT molecular complexity index is 679. The summed E-state index contributed by atoms with van der Waals surface area (Å²) in [6, 6.07) is 7.08. The first-order valence-electron chi connectivity index (χ1n) is 8.35. The molecule has 3 rings (SSSR count). The number of carbonyl (C=O) groups is 3. The highest BCUT2D eigenvalue weighted by atomic mass is 16.2. The number of carbonyl (C=O) groups excluding carboxylic acids is 3. The van der Waals surface area contributed by atoms with E-state index in [1.165, 1.54) is 5.56 Å². The Morgan fingerprint density at radius 2 is 1.92 bits per heavy atom. The van der Waals surface area contributed by atoms with E-state index in [0.29, 0.717) is 11.6 Å². The maximum Gasteiger partial charge on any atom is 0.325 e.